The Labute approximate surface area is 137 Å². The van der Waals surface area contributed by atoms with Crippen molar-refractivity contribution in [2.24, 2.45) is 0 Å². The van der Waals surface area contributed by atoms with Crippen molar-refractivity contribution in [1.29, 1.82) is 0 Å². The van der Waals surface area contributed by atoms with E-state index in [4.69, 9.17) is 5.73 Å². The number of likely N-dealkylation sites (tertiary alicyclic amines) is 1. The minimum Gasteiger partial charge on any atom is -0.384 e. The number of anilines is 1. The Morgan fingerprint density at radius 3 is 2.50 bits per heavy atom. The van der Waals surface area contributed by atoms with Gasteiger partial charge < -0.3 is 5.73 Å². The minimum absolute atomic E-state index is 0.0361. The Hall–Kier alpha value is -2.22. The number of alkyl halides is 3. The molecule has 2 N–H and O–H groups in total. The second kappa shape index (κ2) is 6.72. The van der Waals surface area contributed by atoms with Gasteiger partial charge in [0.25, 0.3) is 0 Å². The van der Waals surface area contributed by atoms with Crippen molar-refractivity contribution in [3.63, 3.8) is 0 Å². The lowest BCUT2D eigenvalue weighted by Crippen LogP contribution is -2.33. The van der Waals surface area contributed by atoms with Gasteiger partial charge in [-0.05, 0) is 49.7 Å². The van der Waals surface area contributed by atoms with E-state index in [0.717, 1.165) is 44.1 Å². The highest BCUT2D eigenvalue weighted by Gasteiger charge is 2.33. The molecule has 3 heterocycles. The maximum absolute atomic E-state index is 12.8. The number of hydrogen-bond donors (Lipinski definition) is 1. The van der Waals surface area contributed by atoms with Gasteiger partial charge in [0.2, 0.25) is 0 Å². The fourth-order valence-corrected chi connectivity index (χ4v) is 2.93. The van der Waals surface area contributed by atoms with Crippen molar-refractivity contribution in [3.05, 3.63) is 47.7 Å². The molecule has 0 bridgehead atoms. The molecule has 8 heteroatoms. The van der Waals surface area contributed by atoms with Crippen LogP contribution < -0.4 is 5.73 Å². The lowest BCUT2D eigenvalue weighted by atomic mass is 9.95. The van der Waals surface area contributed by atoms with Crippen LogP contribution in [-0.2, 0) is 12.7 Å². The third-order valence-corrected chi connectivity index (χ3v) is 4.17. The molecule has 0 amide bonds. The van der Waals surface area contributed by atoms with Crippen LogP contribution in [0.4, 0.5) is 19.0 Å². The maximum atomic E-state index is 12.8. The molecule has 1 aliphatic heterocycles. The summed E-state index contributed by atoms with van der Waals surface area (Å²) in [6.45, 7) is 2.32. The normalized spacial score (nSPS) is 17.1. The Morgan fingerprint density at radius 2 is 1.83 bits per heavy atom. The van der Waals surface area contributed by atoms with Gasteiger partial charge in [-0.25, -0.2) is 15.0 Å². The molecule has 1 aliphatic rings. The molecule has 0 atom stereocenters. The summed E-state index contributed by atoms with van der Waals surface area (Å²) in [6.07, 6.45) is -0.0887. The molecular weight excluding hydrogens is 319 g/mol. The summed E-state index contributed by atoms with van der Waals surface area (Å²) in [5.41, 5.74) is 5.88. The zero-order valence-corrected chi connectivity index (χ0v) is 13.0. The van der Waals surface area contributed by atoms with Gasteiger partial charge in [-0.1, -0.05) is 0 Å². The summed E-state index contributed by atoms with van der Waals surface area (Å²) in [4.78, 5) is 14.0. The largest absolute Gasteiger partial charge is 0.433 e. The molecular formula is C16H18F3N5. The SMILES string of the molecule is Nc1cc(CN2CCC(c3nccc(C(F)(F)F)n3)CC2)ccn1. The first-order valence-corrected chi connectivity index (χ1v) is 7.75. The van der Waals surface area contributed by atoms with Crippen molar-refractivity contribution in [2.75, 3.05) is 18.8 Å². The van der Waals surface area contributed by atoms with Crippen molar-refractivity contribution >= 4 is 5.82 Å². The number of nitrogens with two attached hydrogens (primary N) is 1. The molecule has 5 nitrogen and oxygen atoms in total. The molecule has 1 fully saturated rings. The Bertz CT molecular complexity index is 696. The highest BCUT2D eigenvalue weighted by atomic mass is 19.4. The summed E-state index contributed by atoms with van der Waals surface area (Å²) in [5, 5.41) is 0. The van der Waals surface area contributed by atoms with Crippen LogP contribution in [0.15, 0.2) is 30.6 Å². The highest BCUT2D eigenvalue weighted by molar-refractivity contribution is 5.31. The molecule has 24 heavy (non-hydrogen) atoms. The van der Waals surface area contributed by atoms with Crippen LogP contribution in [0.3, 0.4) is 0 Å². The second-order valence-corrected chi connectivity index (χ2v) is 5.94. The van der Waals surface area contributed by atoms with E-state index in [1.165, 1.54) is 6.20 Å². The topological polar surface area (TPSA) is 67.9 Å². The van der Waals surface area contributed by atoms with E-state index in [1.54, 1.807) is 6.20 Å². The predicted molar refractivity (Wildman–Crippen MR) is 82.9 cm³/mol. The molecule has 0 unspecified atom stereocenters. The first-order valence-electron chi connectivity index (χ1n) is 7.75. The quantitative estimate of drug-likeness (QED) is 0.933. The number of pyridine rings is 1. The highest BCUT2D eigenvalue weighted by Crippen LogP contribution is 2.30. The Morgan fingerprint density at radius 1 is 1.12 bits per heavy atom. The van der Waals surface area contributed by atoms with Crippen LogP contribution in [0, 0.1) is 0 Å². The van der Waals surface area contributed by atoms with Crippen molar-refractivity contribution in [3.8, 4) is 0 Å². The van der Waals surface area contributed by atoms with E-state index in [2.05, 4.69) is 19.9 Å². The molecule has 3 rings (SSSR count). The molecule has 0 aromatic carbocycles. The summed E-state index contributed by atoms with van der Waals surface area (Å²) in [6, 6.07) is 4.66. The first kappa shape index (κ1) is 16.6. The van der Waals surface area contributed by atoms with Gasteiger partial charge in [-0.3, -0.25) is 4.90 Å². The standard InChI is InChI=1S/C16H18F3N5/c17-16(18,19)13-2-6-22-15(23-13)12-3-7-24(8-4-12)10-11-1-5-21-14(20)9-11/h1-2,5-6,9,12H,3-4,7-8,10H2,(H2,20,21). The number of aromatic nitrogens is 3. The van der Waals surface area contributed by atoms with E-state index < -0.39 is 11.9 Å². The molecule has 0 saturated carbocycles. The van der Waals surface area contributed by atoms with Gasteiger partial charge in [0.1, 0.15) is 17.3 Å². The average Bonchev–Trinajstić information content (AvgIpc) is 2.55. The Balaban J connectivity index is 1.61. The minimum atomic E-state index is -4.43. The lowest BCUT2D eigenvalue weighted by molar-refractivity contribution is -0.141. The van der Waals surface area contributed by atoms with Gasteiger partial charge in [0, 0.05) is 24.9 Å². The van der Waals surface area contributed by atoms with Crippen LogP contribution in [0.5, 0.6) is 0 Å². The number of nitrogen functional groups attached to an aromatic ring is 1. The van der Waals surface area contributed by atoms with Gasteiger partial charge in [0.15, 0.2) is 0 Å². The molecule has 2 aromatic heterocycles. The van der Waals surface area contributed by atoms with Crippen LogP contribution in [0.2, 0.25) is 0 Å². The maximum Gasteiger partial charge on any atom is 0.433 e. The summed E-state index contributed by atoms with van der Waals surface area (Å²) in [5.74, 6) is 0.739. The number of halogens is 3. The van der Waals surface area contributed by atoms with E-state index in [0.29, 0.717) is 5.82 Å². The molecule has 128 valence electrons. The van der Waals surface area contributed by atoms with Gasteiger partial charge in [0.05, 0.1) is 0 Å². The molecule has 1 saturated heterocycles. The average molecular weight is 337 g/mol. The summed E-state index contributed by atoms with van der Waals surface area (Å²) in [7, 11) is 0. The third-order valence-electron chi connectivity index (χ3n) is 4.17. The zero-order chi connectivity index (χ0) is 17.2. The van der Waals surface area contributed by atoms with E-state index in [1.807, 2.05) is 12.1 Å². The van der Waals surface area contributed by atoms with Gasteiger partial charge in [-0.15, -0.1) is 0 Å². The molecule has 0 spiro atoms. The van der Waals surface area contributed by atoms with Crippen LogP contribution >= 0.6 is 0 Å². The summed E-state index contributed by atoms with van der Waals surface area (Å²) >= 11 is 0. The van der Waals surface area contributed by atoms with E-state index in [9.17, 15) is 13.2 Å². The lowest BCUT2D eigenvalue weighted by Gasteiger charge is -2.31. The number of rotatable bonds is 3. The van der Waals surface area contributed by atoms with Crippen LogP contribution in [-0.4, -0.2) is 32.9 Å². The van der Waals surface area contributed by atoms with Crippen LogP contribution in [0.1, 0.15) is 35.8 Å². The fraction of sp³-hybridized carbons (Fsp3) is 0.438. The predicted octanol–water partition coefficient (Wildman–Crippen LogP) is 2.85. The number of nitrogens with zero attached hydrogens (tertiary/aromatic N) is 4. The Kier molecular flexibility index (Phi) is 4.66. The first-order chi connectivity index (χ1) is 11.4. The number of hydrogen-bond acceptors (Lipinski definition) is 5. The van der Waals surface area contributed by atoms with Crippen LogP contribution in [0.25, 0.3) is 0 Å². The fourth-order valence-electron chi connectivity index (χ4n) is 2.93. The second-order valence-electron chi connectivity index (χ2n) is 5.94. The third kappa shape index (κ3) is 4.00. The van der Waals surface area contributed by atoms with Gasteiger partial charge in [-0.2, -0.15) is 13.2 Å². The summed E-state index contributed by atoms with van der Waals surface area (Å²) < 4.78 is 38.3. The number of piperidine rings is 1. The van der Waals surface area contributed by atoms with Gasteiger partial charge >= 0.3 is 6.18 Å². The smallest absolute Gasteiger partial charge is 0.384 e. The van der Waals surface area contributed by atoms with E-state index >= 15 is 0 Å². The molecule has 2 aromatic rings. The van der Waals surface area contributed by atoms with E-state index in [-0.39, 0.29) is 11.7 Å². The van der Waals surface area contributed by atoms with Crippen molar-refractivity contribution < 1.29 is 13.2 Å². The monoisotopic (exact) mass is 337 g/mol. The molecule has 0 radical (unpaired) electrons. The molecule has 0 aliphatic carbocycles. The zero-order valence-electron chi connectivity index (χ0n) is 13.0. The van der Waals surface area contributed by atoms with Crippen molar-refractivity contribution in [2.45, 2.75) is 31.5 Å². The van der Waals surface area contributed by atoms with Crippen molar-refractivity contribution in [1.82, 2.24) is 19.9 Å².